The Kier molecular flexibility index (Phi) is 6.33. The molecule has 0 saturated carbocycles. The van der Waals surface area contributed by atoms with Gasteiger partial charge < -0.3 is 4.90 Å². The molecule has 1 heterocycles. The van der Waals surface area contributed by atoms with Gasteiger partial charge in [-0.15, -0.1) is 11.8 Å². The van der Waals surface area contributed by atoms with E-state index in [1.165, 1.54) is 32.9 Å². The lowest BCUT2D eigenvalue weighted by atomic mass is 9.97. The van der Waals surface area contributed by atoms with Gasteiger partial charge >= 0.3 is 0 Å². The van der Waals surface area contributed by atoms with Gasteiger partial charge in [0.05, 0.1) is 5.71 Å². The minimum Gasteiger partial charge on any atom is -0.304 e. The Balaban J connectivity index is 1.91. The number of rotatable bonds is 6. The lowest BCUT2D eigenvalue weighted by Gasteiger charge is -2.17. The van der Waals surface area contributed by atoms with Crippen LogP contribution in [-0.2, 0) is 5.75 Å². The van der Waals surface area contributed by atoms with Crippen LogP contribution >= 0.6 is 11.8 Å². The summed E-state index contributed by atoms with van der Waals surface area (Å²) in [6, 6.07) is 15.4. The molecule has 0 unspecified atom stereocenters. The van der Waals surface area contributed by atoms with Crippen LogP contribution in [0.4, 0.5) is 0 Å². The zero-order chi connectivity index (χ0) is 17.6. The highest BCUT2D eigenvalue weighted by molar-refractivity contribution is 7.98. The van der Waals surface area contributed by atoms with Gasteiger partial charge in [-0.1, -0.05) is 56.3 Å². The number of fused-ring (bicyclic) bond motifs is 2. The van der Waals surface area contributed by atoms with Crippen LogP contribution < -0.4 is 0 Å². The molecular weight excluding hydrogens is 324 g/mol. The van der Waals surface area contributed by atoms with Gasteiger partial charge in [0.15, 0.2) is 0 Å². The number of aryl methyl sites for hydroxylation is 1. The van der Waals surface area contributed by atoms with Crippen LogP contribution in [0.5, 0.6) is 0 Å². The lowest BCUT2D eigenvalue weighted by Crippen LogP contribution is -2.24. The van der Waals surface area contributed by atoms with E-state index in [0.717, 1.165) is 38.4 Å². The first kappa shape index (κ1) is 18.2. The maximum atomic E-state index is 5.08. The number of hydrogen-bond acceptors (Lipinski definition) is 3. The van der Waals surface area contributed by atoms with Crippen LogP contribution in [0, 0.1) is 6.92 Å². The summed E-state index contributed by atoms with van der Waals surface area (Å²) in [6.07, 6.45) is 1.11. The maximum absolute atomic E-state index is 5.08. The lowest BCUT2D eigenvalue weighted by molar-refractivity contribution is 0.302. The summed E-state index contributed by atoms with van der Waals surface area (Å²) in [7, 11) is 0. The molecule has 2 aromatic carbocycles. The molecule has 0 N–H and O–H groups in total. The fourth-order valence-corrected chi connectivity index (χ4v) is 4.57. The van der Waals surface area contributed by atoms with E-state index >= 15 is 0 Å². The molecule has 2 aromatic rings. The zero-order valence-corrected chi connectivity index (χ0v) is 16.4. The van der Waals surface area contributed by atoms with Crippen LogP contribution in [0.25, 0.3) is 0 Å². The third-order valence-electron chi connectivity index (χ3n) is 4.91. The van der Waals surface area contributed by atoms with Gasteiger partial charge in [0.25, 0.3) is 0 Å². The Morgan fingerprint density at radius 2 is 1.76 bits per heavy atom. The summed E-state index contributed by atoms with van der Waals surface area (Å²) < 4.78 is 0. The van der Waals surface area contributed by atoms with Crippen molar-refractivity contribution in [2.75, 3.05) is 26.2 Å². The number of aliphatic imine (C=N–C) groups is 1. The van der Waals surface area contributed by atoms with Gasteiger partial charge in [0.1, 0.15) is 0 Å². The fourth-order valence-electron chi connectivity index (χ4n) is 3.40. The second-order valence-electron chi connectivity index (χ2n) is 6.51. The molecule has 25 heavy (non-hydrogen) atoms. The molecule has 0 aromatic heterocycles. The fraction of sp³-hybridized carbons (Fsp3) is 0.409. The predicted molar refractivity (Wildman–Crippen MR) is 110 cm³/mol. The highest BCUT2D eigenvalue weighted by Crippen LogP contribution is 2.36. The molecular formula is C22H28N2S. The Hall–Kier alpha value is -1.58. The van der Waals surface area contributed by atoms with Crippen LogP contribution in [0.1, 0.15) is 42.5 Å². The number of thioether (sulfide) groups is 1. The van der Waals surface area contributed by atoms with Crippen LogP contribution in [0.15, 0.2) is 52.4 Å². The minimum absolute atomic E-state index is 0.887. The summed E-state index contributed by atoms with van der Waals surface area (Å²) in [4.78, 5) is 8.94. The van der Waals surface area contributed by atoms with Crippen molar-refractivity contribution in [3.05, 3.63) is 64.7 Å². The van der Waals surface area contributed by atoms with Gasteiger partial charge in [-0.3, -0.25) is 4.99 Å². The second kappa shape index (κ2) is 8.68. The van der Waals surface area contributed by atoms with Gasteiger partial charge in [-0.05, 0) is 44.1 Å². The van der Waals surface area contributed by atoms with E-state index < -0.39 is 0 Å². The van der Waals surface area contributed by atoms with E-state index in [2.05, 4.69) is 68.1 Å². The molecule has 0 radical (unpaired) electrons. The Morgan fingerprint density at radius 3 is 2.56 bits per heavy atom. The molecule has 132 valence electrons. The van der Waals surface area contributed by atoms with Crippen molar-refractivity contribution in [2.24, 2.45) is 4.99 Å². The van der Waals surface area contributed by atoms with Gasteiger partial charge in [-0.2, -0.15) is 0 Å². The van der Waals surface area contributed by atoms with Gasteiger partial charge in [-0.25, -0.2) is 0 Å². The van der Waals surface area contributed by atoms with Crippen molar-refractivity contribution < 1.29 is 0 Å². The molecule has 1 aliphatic rings. The van der Waals surface area contributed by atoms with E-state index in [-0.39, 0.29) is 0 Å². The average Bonchev–Trinajstić information content (AvgIpc) is 2.80. The van der Waals surface area contributed by atoms with Gasteiger partial charge in [0, 0.05) is 28.3 Å². The summed E-state index contributed by atoms with van der Waals surface area (Å²) >= 11 is 1.94. The van der Waals surface area contributed by atoms with Crippen molar-refractivity contribution in [3.8, 4) is 0 Å². The number of hydrogen-bond donors (Lipinski definition) is 0. The zero-order valence-electron chi connectivity index (χ0n) is 15.6. The molecule has 0 amide bonds. The normalized spacial score (nSPS) is 15.1. The topological polar surface area (TPSA) is 15.6 Å². The van der Waals surface area contributed by atoms with Crippen LogP contribution in [-0.4, -0.2) is 36.8 Å². The smallest absolute Gasteiger partial charge is 0.0733 e. The van der Waals surface area contributed by atoms with Crippen molar-refractivity contribution in [1.82, 2.24) is 4.90 Å². The molecule has 3 rings (SSSR count). The molecule has 3 heteroatoms. The van der Waals surface area contributed by atoms with E-state index in [0.29, 0.717) is 0 Å². The molecule has 0 saturated heterocycles. The Morgan fingerprint density at radius 1 is 1.00 bits per heavy atom. The van der Waals surface area contributed by atoms with Crippen molar-refractivity contribution in [1.29, 1.82) is 0 Å². The highest BCUT2D eigenvalue weighted by Gasteiger charge is 2.20. The largest absolute Gasteiger partial charge is 0.304 e. The third-order valence-corrected chi connectivity index (χ3v) is 6.19. The van der Waals surface area contributed by atoms with Crippen molar-refractivity contribution in [2.45, 2.75) is 37.8 Å². The molecule has 0 fully saturated rings. The highest BCUT2D eigenvalue weighted by atomic mass is 32.2. The summed E-state index contributed by atoms with van der Waals surface area (Å²) in [5.74, 6) is 1.02. The maximum Gasteiger partial charge on any atom is 0.0733 e. The first-order valence-corrected chi connectivity index (χ1v) is 10.3. The molecule has 0 bridgehead atoms. The number of nitrogens with zero attached hydrogens (tertiary/aromatic N) is 2. The van der Waals surface area contributed by atoms with E-state index in [9.17, 15) is 0 Å². The Labute approximate surface area is 156 Å². The van der Waals surface area contributed by atoms with Crippen molar-refractivity contribution >= 4 is 17.5 Å². The van der Waals surface area contributed by atoms with E-state index in [1.54, 1.807) is 0 Å². The monoisotopic (exact) mass is 352 g/mol. The van der Waals surface area contributed by atoms with Crippen molar-refractivity contribution in [3.63, 3.8) is 0 Å². The molecule has 1 aliphatic heterocycles. The SMILES string of the molecule is CCN(CC)CCCN=C1c2ccccc2CSc2c(C)cccc21. The number of benzene rings is 2. The summed E-state index contributed by atoms with van der Waals surface area (Å²) in [5, 5.41) is 0. The summed E-state index contributed by atoms with van der Waals surface area (Å²) in [6.45, 7) is 10.9. The van der Waals surface area contributed by atoms with Crippen LogP contribution in [0.2, 0.25) is 0 Å². The Bertz CT molecular complexity index is 747. The van der Waals surface area contributed by atoms with E-state index in [4.69, 9.17) is 4.99 Å². The minimum atomic E-state index is 0.887. The quantitative estimate of drug-likeness (QED) is 0.667. The standard InChI is InChI=1S/C22H28N2S/c1-4-24(5-2)15-9-14-23-21-19-12-7-6-11-18(19)16-25-22-17(3)10-8-13-20(21)22/h6-8,10-13H,4-5,9,14-16H2,1-3H3. The molecule has 0 aliphatic carbocycles. The van der Waals surface area contributed by atoms with E-state index in [1.807, 2.05) is 11.8 Å². The molecule has 0 atom stereocenters. The first-order valence-electron chi connectivity index (χ1n) is 9.32. The van der Waals surface area contributed by atoms with Gasteiger partial charge in [0.2, 0.25) is 0 Å². The third kappa shape index (κ3) is 4.16. The summed E-state index contributed by atoms with van der Waals surface area (Å²) in [5.41, 5.74) is 6.54. The van der Waals surface area contributed by atoms with Crippen LogP contribution in [0.3, 0.4) is 0 Å². The average molecular weight is 353 g/mol. The molecule has 2 nitrogen and oxygen atoms in total. The molecule has 0 spiro atoms. The predicted octanol–water partition coefficient (Wildman–Crippen LogP) is 5.17. The first-order chi connectivity index (χ1) is 12.2. The second-order valence-corrected chi connectivity index (χ2v) is 7.49.